The summed E-state index contributed by atoms with van der Waals surface area (Å²) in [6, 6.07) is 0. The molecule has 0 aromatic heterocycles. The number of amides is 2. The molecule has 2 aliphatic carbocycles. The Hall–Kier alpha value is -1.43. The van der Waals surface area contributed by atoms with E-state index in [4.69, 9.17) is 21.8 Å². The summed E-state index contributed by atoms with van der Waals surface area (Å²) >= 11 is 4.80. The Morgan fingerprint density at radius 1 is 1.33 bits per heavy atom. The average Bonchev–Trinajstić information content (AvgIpc) is 2.99. The van der Waals surface area contributed by atoms with Gasteiger partial charge < -0.3 is 9.57 Å². The van der Waals surface area contributed by atoms with E-state index in [0.29, 0.717) is 6.61 Å². The number of imide groups is 1. The van der Waals surface area contributed by atoms with Gasteiger partial charge in [0.1, 0.15) is 0 Å². The van der Waals surface area contributed by atoms with Crippen LogP contribution in [0.5, 0.6) is 0 Å². The van der Waals surface area contributed by atoms with E-state index in [-0.39, 0.29) is 40.7 Å². The van der Waals surface area contributed by atoms with Gasteiger partial charge in [0.15, 0.2) is 0 Å². The van der Waals surface area contributed by atoms with Gasteiger partial charge in [0.25, 0.3) is 11.8 Å². The van der Waals surface area contributed by atoms with E-state index in [2.05, 4.69) is 0 Å². The second kappa shape index (κ2) is 4.05. The van der Waals surface area contributed by atoms with Gasteiger partial charge in [0, 0.05) is 12.2 Å². The zero-order valence-corrected chi connectivity index (χ0v) is 10.7. The number of thiocarbonyl (C=S) groups is 1. The van der Waals surface area contributed by atoms with Crippen molar-refractivity contribution in [2.24, 2.45) is 23.7 Å². The highest BCUT2D eigenvalue weighted by Crippen LogP contribution is 2.52. The monoisotopic (exact) mass is 267 g/mol. The third-order valence-corrected chi connectivity index (χ3v) is 4.05. The molecule has 2 fully saturated rings. The standard InChI is InChI=1S/C12H13NO4S/c1-2-16-12(18)17-13-10(14)8-6-3-4-7(5-6)9(8)11(13)15/h3-4,6-9H,2,5H2,1H3. The van der Waals surface area contributed by atoms with Crippen LogP contribution in [0.1, 0.15) is 13.3 Å². The van der Waals surface area contributed by atoms with Crippen molar-refractivity contribution in [3.8, 4) is 0 Å². The van der Waals surface area contributed by atoms with Crippen LogP contribution in [0.4, 0.5) is 0 Å². The van der Waals surface area contributed by atoms with Crippen molar-refractivity contribution >= 4 is 29.3 Å². The van der Waals surface area contributed by atoms with Gasteiger partial charge in [-0.1, -0.05) is 12.2 Å². The lowest BCUT2D eigenvalue weighted by molar-refractivity contribution is -0.173. The highest BCUT2D eigenvalue weighted by atomic mass is 32.1. The largest absolute Gasteiger partial charge is 0.456 e. The first-order valence-corrected chi connectivity index (χ1v) is 6.45. The predicted octanol–water partition coefficient (Wildman–Crippen LogP) is 1.05. The fourth-order valence-electron chi connectivity index (χ4n) is 3.18. The molecule has 0 spiro atoms. The Balaban J connectivity index is 1.78. The van der Waals surface area contributed by atoms with Gasteiger partial charge in [0.05, 0.1) is 18.4 Å². The van der Waals surface area contributed by atoms with E-state index in [1.165, 1.54) is 0 Å². The Morgan fingerprint density at radius 2 is 1.89 bits per heavy atom. The number of allylic oxidation sites excluding steroid dienone is 2. The topological polar surface area (TPSA) is 55.8 Å². The lowest BCUT2D eigenvalue weighted by atomic mass is 9.85. The molecule has 0 N–H and O–H groups in total. The highest BCUT2D eigenvalue weighted by Gasteiger charge is 2.60. The first kappa shape index (κ1) is 11.6. The van der Waals surface area contributed by atoms with Crippen LogP contribution in [-0.2, 0) is 19.2 Å². The predicted molar refractivity (Wildman–Crippen MR) is 64.9 cm³/mol. The number of hydrogen-bond acceptors (Lipinski definition) is 5. The molecular formula is C12H13NO4S. The van der Waals surface area contributed by atoms with E-state index in [0.717, 1.165) is 11.5 Å². The van der Waals surface area contributed by atoms with Crippen molar-refractivity contribution in [2.45, 2.75) is 13.3 Å². The second-order valence-electron chi connectivity index (χ2n) is 4.75. The first-order valence-electron chi connectivity index (χ1n) is 6.04. The van der Waals surface area contributed by atoms with Crippen LogP contribution >= 0.6 is 12.2 Å². The molecule has 1 heterocycles. The van der Waals surface area contributed by atoms with Crippen molar-refractivity contribution in [1.29, 1.82) is 0 Å². The van der Waals surface area contributed by atoms with Crippen LogP contribution in [0.2, 0.25) is 0 Å². The van der Waals surface area contributed by atoms with Crippen molar-refractivity contribution in [2.75, 3.05) is 6.61 Å². The normalized spacial score (nSPS) is 36.2. The number of carbonyl (C=O) groups is 2. The summed E-state index contributed by atoms with van der Waals surface area (Å²) in [5, 5.41) is 0.610. The number of nitrogens with zero attached hydrogens (tertiary/aromatic N) is 1. The molecule has 6 heteroatoms. The van der Waals surface area contributed by atoms with Crippen LogP contribution < -0.4 is 0 Å². The Bertz CT molecular complexity index is 431. The molecule has 0 aromatic rings. The fourth-order valence-corrected chi connectivity index (χ4v) is 3.38. The summed E-state index contributed by atoms with van der Waals surface area (Å²) in [7, 11) is 0. The molecule has 1 saturated heterocycles. The van der Waals surface area contributed by atoms with Crippen molar-refractivity contribution in [3.05, 3.63) is 12.2 Å². The molecule has 2 bridgehead atoms. The Morgan fingerprint density at radius 3 is 2.39 bits per heavy atom. The quantitative estimate of drug-likeness (QED) is 0.425. The Kier molecular flexibility index (Phi) is 2.62. The summed E-state index contributed by atoms with van der Waals surface area (Å²) in [5.41, 5.74) is 0. The van der Waals surface area contributed by atoms with Crippen molar-refractivity contribution < 1.29 is 19.2 Å². The second-order valence-corrected chi connectivity index (χ2v) is 5.08. The molecule has 1 saturated carbocycles. The summed E-state index contributed by atoms with van der Waals surface area (Å²) in [4.78, 5) is 29.4. The van der Waals surface area contributed by atoms with Gasteiger partial charge in [-0.3, -0.25) is 9.59 Å². The van der Waals surface area contributed by atoms with Crippen LogP contribution in [0.3, 0.4) is 0 Å². The average molecular weight is 267 g/mol. The molecular weight excluding hydrogens is 254 g/mol. The Labute approximate surface area is 110 Å². The minimum atomic E-state index is -0.288. The molecule has 96 valence electrons. The number of fused-ring (bicyclic) bond motifs is 5. The molecule has 0 radical (unpaired) electrons. The van der Waals surface area contributed by atoms with Gasteiger partial charge in [0.2, 0.25) is 0 Å². The number of hydrogen-bond donors (Lipinski definition) is 0. The maximum Gasteiger partial charge on any atom is 0.378 e. The SMILES string of the molecule is CCOC(=S)ON1C(=O)C2C3C=CC(C3)C2C1=O. The lowest BCUT2D eigenvalue weighted by Gasteiger charge is -2.16. The maximum atomic E-state index is 12.2. The van der Waals surface area contributed by atoms with Crippen LogP contribution in [-0.4, -0.2) is 28.7 Å². The number of hydroxylamine groups is 2. The first-order chi connectivity index (χ1) is 8.63. The van der Waals surface area contributed by atoms with Gasteiger partial charge in [-0.15, -0.1) is 5.06 Å². The van der Waals surface area contributed by atoms with E-state index in [1.807, 2.05) is 12.2 Å². The lowest BCUT2D eigenvalue weighted by Crippen LogP contribution is -2.35. The minimum absolute atomic E-state index is 0.172. The summed E-state index contributed by atoms with van der Waals surface area (Å²) < 4.78 is 4.94. The maximum absolute atomic E-state index is 12.2. The molecule has 18 heavy (non-hydrogen) atoms. The highest BCUT2D eigenvalue weighted by molar-refractivity contribution is 7.79. The van der Waals surface area contributed by atoms with Gasteiger partial charge in [-0.2, -0.15) is 0 Å². The summed E-state index contributed by atoms with van der Waals surface area (Å²) in [5.74, 6) is -0.766. The smallest absolute Gasteiger partial charge is 0.378 e. The third-order valence-electron chi connectivity index (χ3n) is 3.86. The molecule has 3 aliphatic rings. The molecule has 3 rings (SSSR count). The number of ether oxygens (including phenoxy) is 1. The fraction of sp³-hybridized carbons (Fsp3) is 0.583. The molecule has 5 nitrogen and oxygen atoms in total. The zero-order valence-electron chi connectivity index (χ0n) is 9.87. The third kappa shape index (κ3) is 1.48. The zero-order chi connectivity index (χ0) is 12.9. The van der Waals surface area contributed by atoms with Crippen molar-refractivity contribution in [3.63, 3.8) is 0 Å². The number of carbonyl (C=O) groups excluding carboxylic acids is 2. The minimum Gasteiger partial charge on any atom is -0.456 e. The molecule has 2 amide bonds. The summed E-state index contributed by atoms with van der Waals surface area (Å²) in [6.45, 7) is 2.09. The van der Waals surface area contributed by atoms with E-state index < -0.39 is 0 Å². The number of rotatable bonds is 2. The van der Waals surface area contributed by atoms with Crippen LogP contribution in [0.15, 0.2) is 12.2 Å². The van der Waals surface area contributed by atoms with Crippen molar-refractivity contribution in [1.82, 2.24) is 5.06 Å². The van der Waals surface area contributed by atoms with Crippen LogP contribution in [0.25, 0.3) is 0 Å². The van der Waals surface area contributed by atoms with Gasteiger partial charge >= 0.3 is 5.24 Å². The van der Waals surface area contributed by atoms with E-state index in [9.17, 15) is 9.59 Å². The van der Waals surface area contributed by atoms with E-state index >= 15 is 0 Å². The van der Waals surface area contributed by atoms with E-state index in [1.54, 1.807) is 6.92 Å². The summed E-state index contributed by atoms with van der Waals surface area (Å²) in [6.07, 6.45) is 4.96. The van der Waals surface area contributed by atoms with Gasteiger partial charge in [-0.25, -0.2) is 0 Å². The molecule has 4 unspecified atom stereocenters. The molecule has 1 aliphatic heterocycles. The van der Waals surface area contributed by atoms with Crippen LogP contribution in [0, 0.1) is 23.7 Å². The molecule has 4 atom stereocenters. The van der Waals surface area contributed by atoms with Gasteiger partial charge in [-0.05, 0) is 25.2 Å². The molecule has 0 aromatic carbocycles.